The van der Waals surface area contributed by atoms with Gasteiger partial charge < -0.3 is 23.8 Å². The summed E-state index contributed by atoms with van der Waals surface area (Å²) in [4.78, 5) is 30.9. The summed E-state index contributed by atoms with van der Waals surface area (Å²) in [6.45, 7) is 6.54. The van der Waals surface area contributed by atoms with E-state index in [9.17, 15) is 14.0 Å². The first-order valence-corrected chi connectivity index (χ1v) is 11.7. The Hall–Kier alpha value is -3.20. The fourth-order valence-electron chi connectivity index (χ4n) is 5.44. The zero-order valence-corrected chi connectivity index (χ0v) is 19.4. The Morgan fingerprint density at radius 1 is 1.35 bits per heavy atom. The Balaban J connectivity index is 1.35. The molecular weight excluding hydrogens is 439 g/mol. The van der Waals surface area contributed by atoms with Crippen molar-refractivity contribution in [2.24, 2.45) is 0 Å². The summed E-state index contributed by atoms with van der Waals surface area (Å²) in [7, 11) is 0. The second kappa shape index (κ2) is 7.15. The fraction of sp³-hybridized carbons (Fsp3) is 0.480. The average molecular weight is 467 g/mol. The van der Waals surface area contributed by atoms with Gasteiger partial charge in [0.25, 0.3) is 11.5 Å². The number of pyridine rings is 2. The third-order valence-electron chi connectivity index (χ3n) is 7.09. The quantitative estimate of drug-likeness (QED) is 0.600. The highest BCUT2D eigenvalue weighted by atomic mass is 19.1. The summed E-state index contributed by atoms with van der Waals surface area (Å²) in [6.07, 6.45) is 6.18. The first-order valence-electron chi connectivity index (χ1n) is 11.7. The molecular formula is C25H27FN4O4. The number of imidazole rings is 1. The van der Waals surface area contributed by atoms with Gasteiger partial charge in [-0.25, -0.2) is 9.37 Å². The predicted molar refractivity (Wildman–Crippen MR) is 123 cm³/mol. The maximum Gasteiger partial charge on any atom is 0.274 e. The van der Waals surface area contributed by atoms with Gasteiger partial charge in [0.05, 0.1) is 35.6 Å². The Labute approximate surface area is 195 Å². The summed E-state index contributed by atoms with van der Waals surface area (Å²) in [6, 6.07) is 4.45. The number of aromatic nitrogens is 3. The number of nitrogens with one attached hydrogen (secondary N) is 1. The van der Waals surface area contributed by atoms with Crippen molar-refractivity contribution in [3.8, 4) is 5.75 Å². The van der Waals surface area contributed by atoms with Gasteiger partial charge in [0.2, 0.25) is 0 Å². The molecule has 34 heavy (non-hydrogen) atoms. The third-order valence-corrected chi connectivity index (χ3v) is 7.09. The van der Waals surface area contributed by atoms with E-state index in [1.54, 1.807) is 24.5 Å². The minimum Gasteiger partial charge on any atom is -0.490 e. The largest absolute Gasteiger partial charge is 0.490 e. The van der Waals surface area contributed by atoms with Gasteiger partial charge in [-0.05, 0) is 45.7 Å². The number of carbonyl (C=O) groups excluding carboxylic acids is 1. The number of nitrogens with zero attached hydrogens (tertiary/aromatic N) is 3. The molecule has 2 atom stereocenters. The highest BCUT2D eigenvalue weighted by Crippen LogP contribution is 2.58. The van der Waals surface area contributed by atoms with E-state index in [0.717, 1.165) is 18.5 Å². The predicted octanol–water partition coefficient (Wildman–Crippen LogP) is 3.64. The maximum absolute atomic E-state index is 13.5. The molecule has 7 rings (SSSR count). The highest BCUT2D eigenvalue weighted by molar-refractivity contribution is 6.06. The number of amides is 1. The molecule has 178 valence electrons. The number of ether oxygens (including phenoxy) is 2. The third kappa shape index (κ3) is 3.33. The molecule has 5 heterocycles. The lowest BCUT2D eigenvalue weighted by Crippen LogP contribution is -2.45. The minimum absolute atomic E-state index is 0.0576. The molecule has 3 aromatic heterocycles. The van der Waals surface area contributed by atoms with E-state index >= 15 is 0 Å². The number of hydrogen-bond donors (Lipinski definition) is 1. The number of halogens is 1. The highest BCUT2D eigenvalue weighted by Gasteiger charge is 2.61. The zero-order chi connectivity index (χ0) is 23.8. The molecule has 9 heteroatoms. The summed E-state index contributed by atoms with van der Waals surface area (Å²) >= 11 is 0. The van der Waals surface area contributed by atoms with Crippen LogP contribution in [0.1, 0.15) is 62.1 Å². The van der Waals surface area contributed by atoms with Gasteiger partial charge in [0, 0.05) is 36.5 Å². The molecule has 0 aromatic carbocycles. The Morgan fingerprint density at radius 2 is 2.12 bits per heavy atom. The van der Waals surface area contributed by atoms with Crippen LogP contribution < -0.4 is 15.6 Å². The molecule has 2 saturated carbocycles. The number of hydrogen-bond acceptors (Lipinski definition) is 5. The molecule has 2 saturated heterocycles. The molecule has 4 fully saturated rings. The van der Waals surface area contributed by atoms with Crippen LogP contribution >= 0.6 is 0 Å². The average Bonchev–Trinajstić information content (AvgIpc) is 3.08. The molecule has 2 aliphatic carbocycles. The van der Waals surface area contributed by atoms with Crippen molar-refractivity contribution < 1.29 is 18.7 Å². The number of carbonyl (C=O) groups is 1. The van der Waals surface area contributed by atoms with Crippen molar-refractivity contribution in [3.63, 3.8) is 0 Å². The van der Waals surface area contributed by atoms with Crippen molar-refractivity contribution in [3.05, 3.63) is 58.4 Å². The maximum atomic E-state index is 13.5. The number of anilines is 1. The van der Waals surface area contributed by atoms with Gasteiger partial charge in [0.15, 0.2) is 0 Å². The SMILES string of the molecule is CC(C)Oc1cc2nc(C34COC(C)(C3)C4)cn2cc1C(=O)Nc1cccn([C@H]2C[C@H]2F)c1=O. The normalized spacial score (nSPS) is 29.3. The lowest BCUT2D eigenvalue weighted by molar-refractivity contribution is 0.0154. The lowest BCUT2D eigenvalue weighted by Gasteiger charge is -2.41. The first-order chi connectivity index (χ1) is 16.2. The van der Waals surface area contributed by atoms with E-state index in [1.165, 1.54) is 10.6 Å². The summed E-state index contributed by atoms with van der Waals surface area (Å²) in [5.41, 5.74) is 1.46. The van der Waals surface area contributed by atoms with Crippen LogP contribution in [0.2, 0.25) is 0 Å². The van der Waals surface area contributed by atoms with Gasteiger partial charge in [0.1, 0.15) is 23.3 Å². The molecule has 3 aromatic rings. The smallest absolute Gasteiger partial charge is 0.274 e. The summed E-state index contributed by atoms with van der Waals surface area (Å²) in [5.74, 6) is -0.0909. The second-order valence-corrected chi connectivity index (χ2v) is 10.4. The molecule has 1 amide bonds. The van der Waals surface area contributed by atoms with Crippen LogP contribution in [0.4, 0.5) is 10.1 Å². The van der Waals surface area contributed by atoms with E-state index in [0.29, 0.717) is 24.4 Å². The van der Waals surface area contributed by atoms with Crippen molar-refractivity contribution in [2.45, 2.75) is 69.4 Å². The number of rotatable bonds is 6. The van der Waals surface area contributed by atoms with Gasteiger partial charge in [-0.3, -0.25) is 9.59 Å². The van der Waals surface area contributed by atoms with E-state index in [1.807, 2.05) is 24.4 Å². The van der Waals surface area contributed by atoms with Crippen LogP contribution in [0.15, 0.2) is 41.6 Å². The number of fused-ring (bicyclic) bond motifs is 2. The fourth-order valence-corrected chi connectivity index (χ4v) is 5.44. The van der Waals surface area contributed by atoms with E-state index in [4.69, 9.17) is 14.5 Å². The van der Waals surface area contributed by atoms with E-state index in [2.05, 4.69) is 12.2 Å². The van der Waals surface area contributed by atoms with E-state index in [-0.39, 0.29) is 28.4 Å². The number of alkyl halides is 1. The summed E-state index contributed by atoms with van der Waals surface area (Å²) in [5, 5.41) is 2.70. The van der Waals surface area contributed by atoms with Gasteiger partial charge in [-0.1, -0.05) is 0 Å². The molecule has 0 spiro atoms. The van der Waals surface area contributed by atoms with Crippen molar-refractivity contribution in [1.82, 2.24) is 14.0 Å². The van der Waals surface area contributed by atoms with Crippen LogP contribution in [-0.4, -0.2) is 44.3 Å². The standard InChI is InChI=1S/C25H27FN4O4/c1-14(2)34-19-8-21-28-20(25-11-24(3,12-25)33-13-25)10-29(21)9-15(19)22(31)27-17-5-4-6-30(23(17)32)18-7-16(18)26/h4-6,8-10,14,16,18H,7,11-13H2,1-3H3,(H,27,31)/t16-,18+,24?,25?/m1/s1. The van der Waals surface area contributed by atoms with Crippen LogP contribution in [0, 0.1) is 0 Å². The Bertz CT molecular complexity index is 1370. The summed E-state index contributed by atoms with van der Waals surface area (Å²) < 4.78 is 28.5. The van der Waals surface area contributed by atoms with Gasteiger partial charge in [-0.15, -0.1) is 0 Å². The molecule has 0 unspecified atom stereocenters. The van der Waals surface area contributed by atoms with Crippen molar-refractivity contribution >= 4 is 17.2 Å². The monoisotopic (exact) mass is 466 g/mol. The van der Waals surface area contributed by atoms with Crippen LogP contribution in [0.5, 0.6) is 5.75 Å². The molecule has 2 bridgehead atoms. The Morgan fingerprint density at radius 3 is 2.76 bits per heavy atom. The van der Waals surface area contributed by atoms with Crippen LogP contribution in [0.25, 0.3) is 5.65 Å². The molecule has 1 N–H and O–H groups in total. The topological polar surface area (TPSA) is 86.9 Å². The second-order valence-electron chi connectivity index (χ2n) is 10.4. The lowest BCUT2D eigenvalue weighted by atomic mass is 9.62. The zero-order valence-electron chi connectivity index (χ0n) is 19.4. The van der Waals surface area contributed by atoms with Crippen LogP contribution in [0.3, 0.4) is 0 Å². The molecule has 4 aliphatic rings. The molecule has 8 nitrogen and oxygen atoms in total. The van der Waals surface area contributed by atoms with Crippen LogP contribution in [-0.2, 0) is 10.2 Å². The molecule has 2 aliphatic heterocycles. The first kappa shape index (κ1) is 21.3. The van der Waals surface area contributed by atoms with Gasteiger partial charge >= 0.3 is 0 Å². The Kier molecular flexibility index (Phi) is 4.49. The minimum atomic E-state index is -1.02. The van der Waals surface area contributed by atoms with Crippen molar-refractivity contribution in [1.29, 1.82) is 0 Å². The van der Waals surface area contributed by atoms with Gasteiger partial charge in [-0.2, -0.15) is 0 Å². The van der Waals surface area contributed by atoms with Crippen molar-refractivity contribution in [2.75, 3.05) is 11.9 Å². The molecule has 0 radical (unpaired) electrons. The van der Waals surface area contributed by atoms with E-state index < -0.39 is 23.7 Å².